The van der Waals surface area contributed by atoms with Crippen LogP contribution in [0.5, 0.6) is 0 Å². The van der Waals surface area contributed by atoms with E-state index in [0.717, 1.165) is 19.3 Å². The maximum absolute atomic E-state index is 2.47. The second kappa shape index (κ2) is 11.6. The Hall–Kier alpha value is -3.90. The Bertz CT molecular complexity index is 1820. The molecule has 0 heteroatoms. The zero-order chi connectivity index (χ0) is 31.2. The Morgan fingerprint density at radius 3 is 2.09 bits per heavy atom. The highest BCUT2D eigenvalue weighted by molar-refractivity contribution is 5.91. The zero-order valence-corrected chi connectivity index (χ0v) is 28.0. The van der Waals surface area contributed by atoms with Gasteiger partial charge in [-0.15, -0.1) is 0 Å². The third kappa shape index (κ3) is 5.03. The SMILES string of the molecule is CCCc1ccc2c(c1)-c1ccc(C(C)(C)c3ccc(C(C)CC)cc3C)c(-c3cccc(-c4ccccc4)c3)c1C2(C)C. The van der Waals surface area contributed by atoms with Crippen LogP contribution in [-0.4, -0.2) is 0 Å². The molecule has 1 unspecified atom stereocenters. The van der Waals surface area contributed by atoms with E-state index in [9.17, 15) is 0 Å². The van der Waals surface area contributed by atoms with Crippen LogP contribution in [0, 0.1) is 6.92 Å². The van der Waals surface area contributed by atoms with Crippen molar-refractivity contribution in [3.05, 3.63) is 142 Å². The van der Waals surface area contributed by atoms with E-state index in [1.807, 2.05) is 0 Å². The van der Waals surface area contributed by atoms with Gasteiger partial charge in [-0.2, -0.15) is 0 Å². The van der Waals surface area contributed by atoms with Gasteiger partial charge < -0.3 is 0 Å². The Balaban J connectivity index is 1.63. The minimum absolute atomic E-state index is 0.116. The summed E-state index contributed by atoms with van der Waals surface area (Å²) in [6.45, 7) is 18.9. The quantitative estimate of drug-likeness (QED) is 0.172. The molecular formula is C44H48. The summed E-state index contributed by atoms with van der Waals surface area (Å²) in [4.78, 5) is 0. The number of hydrogen-bond acceptors (Lipinski definition) is 0. The van der Waals surface area contributed by atoms with Crippen LogP contribution in [0.3, 0.4) is 0 Å². The molecule has 1 aliphatic carbocycles. The van der Waals surface area contributed by atoms with E-state index in [2.05, 4.69) is 159 Å². The van der Waals surface area contributed by atoms with Crippen LogP contribution in [0.4, 0.5) is 0 Å². The topological polar surface area (TPSA) is 0 Å². The van der Waals surface area contributed by atoms with Gasteiger partial charge in [0.15, 0.2) is 0 Å². The molecule has 0 saturated carbocycles. The van der Waals surface area contributed by atoms with Gasteiger partial charge in [-0.3, -0.25) is 0 Å². The molecule has 0 spiro atoms. The number of aryl methyl sites for hydroxylation is 2. The highest BCUT2D eigenvalue weighted by Crippen LogP contribution is 2.55. The van der Waals surface area contributed by atoms with Gasteiger partial charge >= 0.3 is 0 Å². The van der Waals surface area contributed by atoms with Crippen LogP contribution >= 0.6 is 0 Å². The normalized spacial score (nSPS) is 14.3. The summed E-state index contributed by atoms with van der Waals surface area (Å²) in [5.41, 5.74) is 17.7. The van der Waals surface area contributed by atoms with Gasteiger partial charge in [0.25, 0.3) is 0 Å². The Morgan fingerprint density at radius 2 is 1.39 bits per heavy atom. The van der Waals surface area contributed by atoms with Gasteiger partial charge in [-0.25, -0.2) is 0 Å². The maximum Gasteiger partial charge on any atom is 0.0165 e. The summed E-state index contributed by atoms with van der Waals surface area (Å²) >= 11 is 0. The van der Waals surface area contributed by atoms with E-state index in [1.54, 1.807) is 0 Å². The van der Waals surface area contributed by atoms with E-state index < -0.39 is 0 Å². The van der Waals surface area contributed by atoms with Crippen LogP contribution in [0.15, 0.2) is 103 Å². The van der Waals surface area contributed by atoms with Crippen molar-refractivity contribution in [2.75, 3.05) is 0 Å². The predicted molar refractivity (Wildman–Crippen MR) is 191 cm³/mol. The molecule has 0 N–H and O–H groups in total. The first-order chi connectivity index (χ1) is 21.1. The fourth-order valence-electron chi connectivity index (χ4n) is 7.80. The molecule has 224 valence electrons. The third-order valence-corrected chi connectivity index (χ3v) is 10.5. The minimum atomic E-state index is -0.191. The monoisotopic (exact) mass is 576 g/mol. The summed E-state index contributed by atoms with van der Waals surface area (Å²) < 4.78 is 0. The smallest absolute Gasteiger partial charge is 0.0165 e. The molecule has 0 bridgehead atoms. The molecule has 1 aliphatic rings. The lowest BCUT2D eigenvalue weighted by Gasteiger charge is -2.34. The lowest BCUT2D eigenvalue weighted by Crippen LogP contribution is -2.24. The van der Waals surface area contributed by atoms with Crippen LogP contribution in [0.2, 0.25) is 0 Å². The number of fused-ring (bicyclic) bond motifs is 3. The standard InChI is InChI=1S/C44H48/c1-9-15-31-20-23-39-37(27-31)36-22-25-40(43(5,6)38-24-21-33(26-30(38)4)29(3)10-2)41(42(36)44(39,7)8)35-19-14-18-34(28-35)32-16-12-11-13-17-32/h11-14,16-29H,9-10,15H2,1-8H3. The van der Waals surface area contributed by atoms with Crippen molar-refractivity contribution in [1.29, 1.82) is 0 Å². The third-order valence-electron chi connectivity index (χ3n) is 10.5. The molecule has 1 atom stereocenters. The van der Waals surface area contributed by atoms with E-state index in [0.29, 0.717) is 5.92 Å². The average molecular weight is 577 g/mol. The molecule has 0 aliphatic heterocycles. The summed E-state index contributed by atoms with van der Waals surface area (Å²) in [5, 5.41) is 0. The minimum Gasteiger partial charge on any atom is -0.0651 e. The second-order valence-electron chi connectivity index (χ2n) is 14.1. The molecule has 0 heterocycles. The van der Waals surface area contributed by atoms with Gasteiger partial charge in [-0.1, -0.05) is 152 Å². The second-order valence-corrected chi connectivity index (χ2v) is 14.1. The van der Waals surface area contributed by atoms with E-state index in [4.69, 9.17) is 0 Å². The van der Waals surface area contributed by atoms with Crippen molar-refractivity contribution in [2.45, 2.75) is 91.4 Å². The van der Waals surface area contributed by atoms with Crippen molar-refractivity contribution < 1.29 is 0 Å². The molecule has 0 saturated heterocycles. The van der Waals surface area contributed by atoms with Crippen molar-refractivity contribution >= 4 is 0 Å². The van der Waals surface area contributed by atoms with E-state index in [-0.39, 0.29) is 10.8 Å². The molecule has 44 heavy (non-hydrogen) atoms. The van der Waals surface area contributed by atoms with Crippen molar-refractivity contribution in [3.63, 3.8) is 0 Å². The summed E-state index contributed by atoms with van der Waals surface area (Å²) in [6.07, 6.45) is 3.44. The molecule has 0 nitrogen and oxygen atoms in total. The van der Waals surface area contributed by atoms with Crippen LogP contribution in [0.25, 0.3) is 33.4 Å². The number of benzene rings is 5. The lowest BCUT2D eigenvalue weighted by molar-refractivity contribution is 0.625. The average Bonchev–Trinajstić information content (AvgIpc) is 3.26. The number of hydrogen-bond donors (Lipinski definition) is 0. The largest absolute Gasteiger partial charge is 0.0651 e. The Labute approximate surface area is 266 Å². The van der Waals surface area contributed by atoms with Crippen molar-refractivity contribution in [3.8, 4) is 33.4 Å². The number of rotatable bonds is 8. The van der Waals surface area contributed by atoms with Gasteiger partial charge in [-0.05, 0) is 104 Å². The first kappa shape index (κ1) is 30.1. The predicted octanol–water partition coefficient (Wildman–Crippen LogP) is 12.4. The first-order valence-corrected chi connectivity index (χ1v) is 16.7. The van der Waals surface area contributed by atoms with Gasteiger partial charge in [0.1, 0.15) is 0 Å². The lowest BCUT2D eigenvalue weighted by atomic mass is 9.69. The van der Waals surface area contributed by atoms with Gasteiger partial charge in [0.2, 0.25) is 0 Å². The van der Waals surface area contributed by atoms with E-state index >= 15 is 0 Å². The first-order valence-electron chi connectivity index (χ1n) is 16.7. The molecule has 0 radical (unpaired) electrons. The molecule has 0 aromatic heterocycles. The van der Waals surface area contributed by atoms with Crippen LogP contribution in [0.1, 0.15) is 106 Å². The Kier molecular flexibility index (Phi) is 7.91. The molecule has 6 rings (SSSR count). The van der Waals surface area contributed by atoms with Crippen LogP contribution < -0.4 is 0 Å². The highest BCUT2D eigenvalue weighted by Gasteiger charge is 2.41. The molecule has 5 aromatic rings. The van der Waals surface area contributed by atoms with Crippen LogP contribution in [-0.2, 0) is 17.3 Å². The highest BCUT2D eigenvalue weighted by atomic mass is 14.4. The van der Waals surface area contributed by atoms with Crippen molar-refractivity contribution in [2.24, 2.45) is 0 Å². The summed E-state index contributed by atoms with van der Waals surface area (Å²) in [6, 6.07) is 39.4. The maximum atomic E-state index is 2.47. The van der Waals surface area contributed by atoms with E-state index in [1.165, 1.54) is 72.3 Å². The Morgan fingerprint density at radius 1 is 0.682 bits per heavy atom. The summed E-state index contributed by atoms with van der Waals surface area (Å²) in [5.74, 6) is 0.569. The fraction of sp³-hybridized carbons (Fsp3) is 0.318. The van der Waals surface area contributed by atoms with Crippen molar-refractivity contribution in [1.82, 2.24) is 0 Å². The van der Waals surface area contributed by atoms with Gasteiger partial charge in [0, 0.05) is 10.8 Å². The molecular weight excluding hydrogens is 528 g/mol. The summed E-state index contributed by atoms with van der Waals surface area (Å²) in [7, 11) is 0. The zero-order valence-electron chi connectivity index (χ0n) is 28.0. The fourth-order valence-corrected chi connectivity index (χ4v) is 7.80. The van der Waals surface area contributed by atoms with Gasteiger partial charge in [0.05, 0.1) is 0 Å². The molecule has 0 fully saturated rings. The molecule has 5 aromatic carbocycles. The molecule has 0 amide bonds.